The van der Waals surface area contributed by atoms with Gasteiger partial charge in [-0.25, -0.2) is 4.98 Å². The molecule has 1 heterocycles. The summed E-state index contributed by atoms with van der Waals surface area (Å²) < 4.78 is 2.11. The van der Waals surface area contributed by atoms with Crippen LogP contribution < -0.4 is 5.32 Å². The summed E-state index contributed by atoms with van der Waals surface area (Å²) in [6.45, 7) is 1.68. The summed E-state index contributed by atoms with van der Waals surface area (Å²) >= 11 is 0. The zero-order valence-corrected chi connectivity index (χ0v) is 15.2. The molecule has 4 rings (SSSR count). The zero-order chi connectivity index (χ0) is 18.3. The van der Waals surface area contributed by atoms with Gasteiger partial charge in [0.15, 0.2) is 0 Å². The summed E-state index contributed by atoms with van der Waals surface area (Å²) in [4.78, 5) is 4.16. The van der Waals surface area contributed by atoms with Crippen LogP contribution in [0, 0.1) is 0 Å². The highest BCUT2D eigenvalue weighted by atomic mass is 15.1. The second-order valence-corrected chi connectivity index (χ2v) is 6.67. The van der Waals surface area contributed by atoms with Gasteiger partial charge in [-0.2, -0.15) is 0 Å². The third-order valence-corrected chi connectivity index (χ3v) is 4.77. The normalized spacial score (nSPS) is 12.0. The lowest BCUT2D eigenvalue weighted by molar-refractivity contribution is 0.462. The van der Waals surface area contributed by atoms with E-state index in [1.807, 2.05) is 24.8 Å². The number of benzene rings is 3. The van der Waals surface area contributed by atoms with Crippen molar-refractivity contribution in [3.05, 3.63) is 115 Å². The minimum absolute atomic E-state index is 0.231. The lowest BCUT2D eigenvalue weighted by Gasteiger charge is -2.20. The van der Waals surface area contributed by atoms with E-state index in [-0.39, 0.29) is 6.04 Å². The fourth-order valence-corrected chi connectivity index (χ4v) is 3.27. The smallest absolute Gasteiger partial charge is 0.0946 e. The summed E-state index contributed by atoms with van der Waals surface area (Å²) in [7, 11) is 0. The number of nitrogens with one attached hydrogen (secondary N) is 1. The molecule has 3 aromatic carbocycles. The summed E-state index contributed by atoms with van der Waals surface area (Å²) in [5, 5.41) is 3.70. The lowest BCUT2D eigenvalue weighted by Crippen LogP contribution is -2.25. The molecule has 0 aliphatic rings. The highest BCUT2D eigenvalue weighted by Gasteiger charge is 2.11. The van der Waals surface area contributed by atoms with Gasteiger partial charge in [-0.1, -0.05) is 84.9 Å². The molecule has 0 saturated heterocycles. The van der Waals surface area contributed by atoms with Gasteiger partial charge < -0.3 is 9.88 Å². The van der Waals surface area contributed by atoms with Crippen molar-refractivity contribution in [3.8, 4) is 11.1 Å². The Balaban J connectivity index is 1.46. The summed E-state index contributed by atoms with van der Waals surface area (Å²) in [5.74, 6) is 0. The van der Waals surface area contributed by atoms with Crippen LogP contribution >= 0.6 is 0 Å². The maximum Gasteiger partial charge on any atom is 0.0946 e. The zero-order valence-electron chi connectivity index (χ0n) is 15.2. The summed E-state index contributed by atoms with van der Waals surface area (Å²) in [6.07, 6.45) is 5.70. The van der Waals surface area contributed by atoms with Crippen molar-refractivity contribution >= 4 is 0 Å². The molecule has 0 aliphatic heterocycles. The van der Waals surface area contributed by atoms with Crippen LogP contribution in [0.25, 0.3) is 11.1 Å². The quantitative estimate of drug-likeness (QED) is 0.502. The highest BCUT2D eigenvalue weighted by Crippen LogP contribution is 2.20. The SMILES string of the molecule is c1ccc(-c2ccc(CNC(Cn3ccnc3)c3ccccc3)cc2)cc1. The second-order valence-electron chi connectivity index (χ2n) is 6.67. The molecule has 0 spiro atoms. The second kappa shape index (κ2) is 8.47. The Morgan fingerprint density at radius 2 is 1.44 bits per heavy atom. The highest BCUT2D eigenvalue weighted by molar-refractivity contribution is 5.63. The molecular weight excluding hydrogens is 330 g/mol. The van der Waals surface area contributed by atoms with E-state index in [0.29, 0.717) is 0 Å². The van der Waals surface area contributed by atoms with E-state index in [2.05, 4.69) is 93.7 Å². The van der Waals surface area contributed by atoms with Gasteiger partial charge in [0.05, 0.1) is 12.4 Å². The molecular formula is C24H23N3. The summed E-state index contributed by atoms with van der Waals surface area (Å²) in [6, 6.07) is 30.1. The van der Waals surface area contributed by atoms with Crippen LogP contribution in [0.2, 0.25) is 0 Å². The molecule has 0 amide bonds. The molecule has 0 fully saturated rings. The fourth-order valence-electron chi connectivity index (χ4n) is 3.27. The molecule has 3 heteroatoms. The van der Waals surface area contributed by atoms with E-state index >= 15 is 0 Å². The minimum Gasteiger partial charge on any atom is -0.336 e. The van der Waals surface area contributed by atoms with E-state index < -0.39 is 0 Å². The molecule has 0 bridgehead atoms. The van der Waals surface area contributed by atoms with Gasteiger partial charge in [-0.3, -0.25) is 0 Å². The van der Waals surface area contributed by atoms with Crippen LogP contribution in [-0.2, 0) is 13.1 Å². The standard InChI is InChI=1S/C24H23N3/c1-3-7-21(8-4-1)22-13-11-20(12-14-22)17-26-24(18-27-16-15-25-19-27)23-9-5-2-6-10-23/h1-16,19,24,26H,17-18H2. The molecule has 1 atom stereocenters. The number of hydrogen-bond acceptors (Lipinski definition) is 2. The van der Waals surface area contributed by atoms with Crippen LogP contribution in [0.4, 0.5) is 0 Å². The first kappa shape index (κ1) is 17.3. The van der Waals surface area contributed by atoms with Crippen molar-refractivity contribution in [2.24, 2.45) is 0 Å². The Morgan fingerprint density at radius 1 is 0.778 bits per heavy atom. The average Bonchev–Trinajstić information content (AvgIpc) is 3.26. The number of rotatable bonds is 7. The summed E-state index contributed by atoms with van der Waals surface area (Å²) in [5.41, 5.74) is 5.06. The van der Waals surface area contributed by atoms with Crippen LogP contribution in [-0.4, -0.2) is 9.55 Å². The fraction of sp³-hybridized carbons (Fsp3) is 0.125. The molecule has 0 radical (unpaired) electrons. The first-order valence-electron chi connectivity index (χ1n) is 9.27. The Morgan fingerprint density at radius 3 is 2.11 bits per heavy atom. The van der Waals surface area contributed by atoms with Crippen molar-refractivity contribution in [1.29, 1.82) is 0 Å². The van der Waals surface area contributed by atoms with E-state index in [4.69, 9.17) is 0 Å². The molecule has 4 aromatic rings. The van der Waals surface area contributed by atoms with E-state index in [1.165, 1.54) is 22.3 Å². The number of nitrogens with zero attached hydrogens (tertiary/aromatic N) is 2. The van der Waals surface area contributed by atoms with Gasteiger partial charge >= 0.3 is 0 Å². The Kier molecular flexibility index (Phi) is 5.42. The maximum atomic E-state index is 4.16. The molecule has 134 valence electrons. The van der Waals surface area contributed by atoms with E-state index in [0.717, 1.165) is 13.1 Å². The van der Waals surface area contributed by atoms with Gasteiger partial charge in [0, 0.05) is 25.5 Å². The lowest BCUT2D eigenvalue weighted by atomic mass is 10.0. The number of aromatic nitrogens is 2. The molecule has 1 aromatic heterocycles. The Bertz CT molecular complexity index is 930. The van der Waals surface area contributed by atoms with Crippen molar-refractivity contribution < 1.29 is 0 Å². The van der Waals surface area contributed by atoms with Crippen LogP contribution in [0.15, 0.2) is 104 Å². The van der Waals surface area contributed by atoms with Crippen molar-refractivity contribution in [2.45, 2.75) is 19.1 Å². The predicted molar refractivity (Wildman–Crippen MR) is 110 cm³/mol. The molecule has 0 aliphatic carbocycles. The van der Waals surface area contributed by atoms with Crippen LogP contribution in [0.5, 0.6) is 0 Å². The third kappa shape index (κ3) is 4.52. The number of imidazole rings is 1. The van der Waals surface area contributed by atoms with E-state index in [9.17, 15) is 0 Å². The molecule has 3 nitrogen and oxygen atoms in total. The van der Waals surface area contributed by atoms with Crippen molar-refractivity contribution in [3.63, 3.8) is 0 Å². The third-order valence-electron chi connectivity index (χ3n) is 4.77. The van der Waals surface area contributed by atoms with Gasteiger partial charge in [-0.15, -0.1) is 0 Å². The maximum absolute atomic E-state index is 4.16. The van der Waals surface area contributed by atoms with Crippen LogP contribution in [0.1, 0.15) is 17.2 Å². The number of hydrogen-bond donors (Lipinski definition) is 1. The topological polar surface area (TPSA) is 29.9 Å². The predicted octanol–water partition coefficient (Wildman–Crippen LogP) is 5.08. The minimum atomic E-state index is 0.231. The van der Waals surface area contributed by atoms with Gasteiger partial charge in [-0.05, 0) is 22.3 Å². The van der Waals surface area contributed by atoms with Gasteiger partial charge in [0.1, 0.15) is 0 Å². The molecule has 0 saturated carbocycles. The Labute approximate surface area is 160 Å². The largest absolute Gasteiger partial charge is 0.336 e. The monoisotopic (exact) mass is 353 g/mol. The van der Waals surface area contributed by atoms with Crippen LogP contribution in [0.3, 0.4) is 0 Å². The van der Waals surface area contributed by atoms with Gasteiger partial charge in [0.2, 0.25) is 0 Å². The van der Waals surface area contributed by atoms with Crippen molar-refractivity contribution in [2.75, 3.05) is 0 Å². The van der Waals surface area contributed by atoms with E-state index in [1.54, 1.807) is 0 Å². The Hall–Kier alpha value is -3.17. The first-order valence-corrected chi connectivity index (χ1v) is 9.27. The average molecular weight is 353 g/mol. The molecule has 1 N–H and O–H groups in total. The molecule has 27 heavy (non-hydrogen) atoms. The first-order chi connectivity index (χ1) is 13.4. The van der Waals surface area contributed by atoms with Crippen molar-refractivity contribution in [1.82, 2.24) is 14.9 Å². The molecule has 1 unspecified atom stereocenters. The van der Waals surface area contributed by atoms with Gasteiger partial charge in [0.25, 0.3) is 0 Å².